The summed E-state index contributed by atoms with van der Waals surface area (Å²) in [4.78, 5) is 3.69. The van der Waals surface area contributed by atoms with Crippen LogP contribution in [0.25, 0.3) is 0 Å². The van der Waals surface area contributed by atoms with Gasteiger partial charge in [0, 0.05) is 19.3 Å². The van der Waals surface area contributed by atoms with E-state index in [0.717, 1.165) is 6.07 Å². The summed E-state index contributed by atoms with van der Waals surface area (Å²) in [5.74, 6) is 0.139. The van der Waals surface area contributed by atoms with Crippen molar-refractivity contribution in [2.45, 2.75) is 6.18 Å². The van der Waals surface area contributed by atoms with Gasteiger partial charge in [0.15, 0.2) is 0 Å². The maximum Gasteiger partial charge on any atom is 0.417 e. The summed E-state index contributed by atoms with van der Waals surface area (Å²) < 4.78 is 37.8. The number of pyridine rings is 1. The molecule has 2 aromatic rings. The monoisotopic (exact) mass is 407 g/mol. The molecule has 144 valence electrons. The molecule has 0 saturated carbocycles. The molecular weight excluding hydrogens is 395 g/mol. The van der Waals surface area contributed by atoms with Crippen molar-refractivity contribution in [3.05, 3.63) is 47.1 Å². The average molecular weight is 408 g/mol. The van der Waals surface area contributed by atoms with E-state index >= 15 is 0 Å². The maximum atomic E-state index is 12.6. The molecule has 0 radical (unpaired) electrons. The number of nitriles is 2. The first-order valence-corrected chi connectivity index (χ1v) is 8.16. The Kier molecular flexibility index (Phi) is 7.02. The molecule has 0 saturated heterocycles. The predicted molar refractivity (Wildman–Crippen MR) is 100.0 cm³/mol. The second kappa shape index (κ2) is 9.44. The molecule has 0 fully saturated rings. The van der Waals surface area contributed by atoms with E-state index < -0.39 is 11.7 Å². The van der Waals surface area contributed by atoms with Crippen LogP contribution in [0.3, 0.4) is 0 Å². The van der Waals surface area contributed by atoms with Crippen LogP contribution < -0.4 is 16.1 Å². The number of anilines is 3. The third-order valence-electron chi connectivity index (χ3n) is 3.33. The van der Waals surface area contributed by atoms with Crippen molar-refractivity contribution in [3.8, 4) is 12.1 Å². The zero-order valence-corrected chi connectivity index (χ0v) is 14.9. The highest BCUT2D eigenvalue weighted by atomic mass is 35.5. The van der Waals surface area contributed by atoms with Crippen LogP contribution in [0, 0.1) is 22.7 Å². The van der Waals surface area contributed by atoms with E-state index in [2.05, 4.69) is 26.1 Å². The topological polar surface area (TPSA) is 109 Å². The molecule has 0 bridgehead atoms. The van der Waals surface area contributed by atoms with Gasteiger partial charge in [-0.15, -0.1) is 0 Å². The highest BCUT2D eigenvalue weighted by Gasteiger charge is 2.31. The predicted octanol–water partition coefficient (Wildman–Crippen LogP) is 4.09. The fraction of sp³-hybridized carbons (Fsp3) is 0.176. The summed E-state index contributed by atoms with van der Waals surface area (Å²) in [6.45, 7) is 0.697. The van der Waals surface area contributed by atoms with Crippen LogP contribution >= 0.6 is 11.6 Å². The molecule has 2 rings (SSSR count). The number of rotatable bonds is 7. The van der Waals surface area contributed by atoms with Gasteiger partial charge in [0.1, 0.15) is 18.0 Å². The van der Waals surface area contributed by atoms with E-state index in [1.165, 1.54) is 0 Å². The van der Waals surface area contributed by atoms with Gasteiger partial charge in [-0.05, 0) is 18.2 Å². The molecule has 11 heteroatoms. The number of nitrogens with one attached hydrogen (secondary N) is 3. The van der Waals surface area contributed by atoms with Crippen molar-refractivity contribution in [1.29, 1.82) is 10.5 Å². The molecule has 0 aliphatic rings. The molecule has 0 unspecified atom stereocenters. The van der Waals surface area contributed by atoms with Gasteiger partial charge in [-0.3, -0.25) is 5.43 Å². The number of hydrazone groups is 1. The van der Waals surface area contributed by atoms with Gasteiger partial charge in [-0.25, -0.2) is 4.98 Å². The minimum atomic E-state index is -4.51. The smallest absolute Gasteiger partial charge is 0.382 e. The van der Waals surface area contributed by atoms with Crippen molar-refractivity contribution in [1.82, 2.24) is 4.98 Å². The van der Waals surface area contributed by atoms with E-state index in [9.17, 15) is 13.2 Å². The Morgan fingerprint density at radius 1 is 1.11 bits per heavy atom. The van der Waals surface area contributed by atoms with Crippen LogP contribution in [0.5, 0.6) is 0 Å². The van der Waals surface area contributed by atoms with Crippen LogP contribution in [0.4, 0.5) is 30.4 Å². The van der Waals surface area contributed by atoms with Crippen LogP contribution in [0.2, 0.25) is 5.02 Å². The first-order valence-electron chi connectivity index (χ1n) is 7.78. The number of hydrogen-bond acceptors (Lipinski definition) is 7. The molecular formula is C17H13ClF3N7. The summed E-state index contributed by atoms with van der Waals surface area (Å²) >= 11 is 5.83. The highest BCUT2D eigenvalue weighted by molar-refractivity contribution is 6.32. The fourth-order valence-electron chi connectivity index (χ4n) is 2.03. The summed E-state index contributed by atoms with van der Waals surface area (Å²) in [6.07, 6.45) is -3.80. The van der Waals surface area contributed by atoms with Gasteiger partial charge in [-0.2, -0.15) is 28.8 Å². The summed E-state index contributed by atoms with van der Waals surface area (Å²) in [5.41, 5.74) is 2.57. The second-order valence-corrected chi connectivity index (χ2v) is 5.65. The van der Waals surface area contributed by atoms with E-state index in [1.54, 1.807) is 36.4 Å². The van der Waals surface area contributed by atoms with Crippen LogP contribution in [-0.2, 0) is 6.18 Å². The standard InChI is InChI=1S/C17H13ClF3N7/c18-13-7-11(17(19,20)21)10-26-16(13)25-6-5-24-14-3-1-2-4-15(14)28-27-12(8-22)9-23/h1-4,7,10,24,28H,5-6H2,(H,25,26). The number of hydrogen-bond donors (Lipinski definition) is 3. The largest absolute Gasteiger partial charge is 0.417 e. The first kappa shape index (κ1) is 20.8. The molecule has 1 aromatic carbocycles. The molecule has 0 spiro atoms. The van der Waals surface area contributed by atoms with Gasteiger partial charge < -0.3 is 10.6 Å². The molecule has 1 aromatic heterocycles. The van der Waals surface area contributed by atoms with Gasteiger partial charge in [0.25, 0.3) is 0 Å². The van der Waals surface area contributed by atoms with E-state index in [-0.39, 0.29) is 16.6 Å². The zero-order valence-electron chi connectivity index (χ0n) is 14.2. The number of benzene rings is 1. The molecule has 0 atom stereocenters. The van der Waals surface area contributed by atoms with Crippen LogP contribution in [0.15, 0.2) is 41.6 Å². The average Bonchev–Trinajstić information content (AvgIpc) is 2.67. The van der Waals surface area contributed by atoms with Gasteiger partial charge >= 0.3 is 6.18 Å². The number of alkyl halides is 3. The minimum Gasteiger partial charge on any atom is -0.382 e. The Morgan fingerprint density at radius 2 is 1.75 bits per heavy atom. The molecule has 1 heterocycles. The Balaban J connectivity index is 1.94. The van der Waals surface area contributed by atoms with Crippen LogP contribution in [-0.4, -0.2) is 23.8 Å². The van der Waals surface area contributed by atoms with E-state index in [1.807, 2.05) is 0 Å². The molecule has 7 nitrogen and oxygen atoms in total. The van der Waals surface area contributed by atoms with Crippen molar-refractivity contribution in [3.63, 3.8) is 0 Å². The van der Waals surface area contributed by atoms with Crippen molar-refractivity contribution >= 4 is 34.5 Å². The lowest BCUT2D eigenvalue weighted by Gasteiger charge is -2.13. The summed E-state index contributed by atoms with van der Waals surface area (Å²) in [6, 6.07) is 11.0. The summed E-state index contributed by atoms with van der Waals surface area (Å²) in [7, 11) is 0. The Bertz CT molecular complexity index is 929. The number of halogens is 4. The zero-order chi connectivity index (χ0) is 20.6. The van der Waals surface area contributed by atoms with Gasteiger partial charge in [-0.1, -0.05) is 23.7 Å². The van der Waals surface area contributed by atoms with Crippen molar-refractivity contribution in [2.75, 3.05) is 29.1 Å². The lowest BCUT2D eigenvalue weighted by molar-refractivity contribution is -0.137. The van der Waals surface area contributed by atoms with Crippen molar-refractivity contribution < 1.29 is 13.2 Å². The quantitative estimate of drug-likeness (QED) is 0.362. The Morgan fingerprint density at radius 3 is 2.36 bits per heavy atom. The van der Waals surface area contributed by atoms with Gasteiger partial charge in [0.2, 0.25) is 5.71 Å². The fourth-order valence-corrected chi connectivity index (χ4v) is 2.26. The van der Waals surface area contributed by atoms with E-state index in [0.29, 0.717) is 30.7 Å². The highest BCUT2D eigenvalue weighted by Crippen LogP contribution is 2.32. The molecule has 28 heavy (non-hydrogen) atoms. The lowest BCUT2D eigenvalue weighted by atomic mass is 10.2. The van der Waals surface area contributed by atoms with E-state index in [4.69, 9.17) is 22.1 Å². The number of aromatic nitrogens is 1. The Hall–Kier alpha value is -3.50. The summed E-state index contributed by atoms with van der Waals surface area (Å²) in [5, 5.41) is 26.9. The third-order valence-corrected chi connectivity index (χ3v) is 3.62. The lowest BCUT2D eigenvalue weighted by Crippen LogP contribution is -2.16. The van der Waals surface area contributed by atoms with Gasteiger partial charge in [0.05, 0.1) is 22.0 Å². The van der Waals surface area contributed by atoms with Crippen LogP contribution in [0.1, 0.15) is 5.56 Å². The SMILES string of the molecule is N#CC(C#N)=NNc1ccccc1NCCNc1ncc(C(F)(F)F)cc1Cl. The number of nitrogens with zero attached hydrogens (tertiary/aromatic N) is 4. The molecule has 3 N–H and O–H groups in total. The number of para-hydroxylation sites is 2. The minimum absolute atomic E-state index is 0.133. The third kappa shape index (κ3) is 5.76. The Labute approximate surface area is 163 Å². The first-order chi connectivity index (χ1) is 13.3. The normalized spacial score (nSPS) is 10.4. The molecule has 0 aliphatic carbocycles. The maximum absolute atomic E-state index is 12.6. The second-order valence-electron chi connectivity index (χ2n) is 5.25. The van der Waals surface area contributed by atoms with Crippen molar-refractivity contribution in [2.24, 2.45) is 5.10 Å². The molecule has 0 amide bonds. The molecule has 0 aliphatic heterocycles.